The van der Waals surface area contributed by atoms with Crippen LogP contribution in [0.2, 0.25) is 0 Å². The van der Waals surface area contributed by atoms with Crippen LogP contribution in [0, 0.1) is 0 Å². The van der Waals surface area contributed by atoms with E-state index in [0.717, 1.165) is 5.56 Å². The lowest BCUT2D eigenvalue weighted by Gasteiger charge is -2.00. The molecule has 0 aliphatic heterocycles. The van der Waals surface area contributed by atoms with Crippen molar-refractivity contribution < 1.29 is 19.4 Å². The quantitative estimate of drug-likeness (QED) is 0.627. The molecule has 0 spiro atoms. The zero-order valence-corrected chi connectivity index (χ0v) is 9.51. The third kappa shape index (κ3) is 2.22. The number of aliphatic carboxylic acids is 1. The van der Waals surface area contributed by atoms with Crippen LogP contribution in [0.5, 0.6) is 5.75 Å². The number of aromatic amines is 1. The Bertz CT molecular complexity index is 586. The van der Waals surface area contributed by atoms with Crippen molar-refractivity contribution in [2.75, 3.05) is 7.11 Å². The van der Waals surface area contributed by atoms with Gasteiger partial charge in [0.25, 0.3) is 5.78 Å². The molecule has 1 aromatic carbocycles. The third-order valence-corrected chi connectivity index (χ3v) is 2.38. The van der Waals surface area contributed by atoms with Gasteiger partial charge in [-0.15, -0.1) is 0 Å². The highest BCUT2D eigenvalue weighted by atomic mass is 16.5. The number of carbonyl (C=O) groups excluding carboxylic acids is 1. The first kappa shape index (κ1) is 11.8. The molecule has 1 aromatic heterocycles. The first-order chi connectivity index (χ1) is 8.61. The average Bonchev–Trinajstić information content (AvgIpc) is 2.87. The normalized spacial score (nSPS) is 10.1. The lowest BCUT2D eigenvalue weighted by molar-refractivity contribution is -0.131. The van der Waals surface area contributed by atoms with Gasteiger partial charge >= 0.3 is 5.97 Å². The first-order valence-electron chi connectivity index (χ1n) is 5.09. The van der Waals surface area contributed by atoms with Crippen molar-refractivity contribution in [3.63, 3.8) is 0 Å². The number of hydrogen-bond donors (Lipinski definition) is 2. The summed E-state index contributed by atoms with van der Waals surface area (Å²) >= 11 is 0. The van der Waals surface area contributed by atoms with E-state index in [2.05, 4.69) is 9.97 Å². The summed E-state index contributed by atoms with van der Waals surface area (Å²) in [4.78, 5) is 28.3. The molecule has 0 aliphatic carbocycles. The molecule has 0 unspecified atom stereocenters. The molecular weight excluding hydrogens is 236 g/mol. The number of nitrogens with zero attached hydrogens (tertiary/aromatic N) is 1. The van der Waals surface area contributed by atoms with Gasteiger partial charge in [-0.1, -0.05) is 0 Å². The summed E-state index contributed by atoms with van der Waals surface area (Å²) in [6, 6.07) is 7.01. The maximum absolute atomic E-state index is 11.2. The number of aromatic nitrogens is 2. The zero-order chi connectivity index (χ0) is 13.1. The molecule has 0 radical (unpaired) electrons. The summed E-state index contributed by atoms with van der Waals surface area (Å²) < 4.78 is 5.02. The summed E-state index contributed by atoms with van der Waals surface area (Å²) in [5.41, 5.74) is 0.688. The van der Waals surface area contributed by atoms with Crippen LogP contribution in [0.1, 0.15) is 10.5 Å². The number of ketones is 1. The van der Waals surface area contributed by atoms with E-state index >= 15 is 0 Å². The zero-order valence-electron chi connectivity index (χ0n) is 9.51. The molecule has 92 valence electrons. The Labute approximate surface area is 102 Å². The average molecular weight is 246 g/mol. The minimum atomic E-state index is -1.51. The lowest BCUT2D eigenvalue weighted by Crippen LogP contribution is -2.12. The van der Waals surface area contributed by atoms with E-state index in [4.69, 9.17) is 9.84 Å². The Morgan fingerprint density at radius 2 is 1.94 bits per heavy atom. The van der Waals surface area contributed by atoms with E-state index in [0.29, 0.717) is 11.6 Å². The molecule has 0 saturated carbocycles. The molecule has 6 nitrogen and oxygen atoms in total. The number of Topliss-reactive ketones (excluding diaryl/α,β-unsaturated/α-hetero) is 1. The lowest BCUT2D eigenvalue weighted by atomic mass is 10.2. The monoisotopic (exact) mass is 246 g/mol. The van der Waals surface area contributed by atoms with E-state index in [-0.39, 0.29) is 5.69 Å². The Balaban J connectivity index is 2.29. The van der Waals surface area contributed by atoms with Gasteiger partial charge in [0, 0.05) is 5.56 Å². The molecule has 0 bridgehead atoms. The molecule has 18 heavy (non-hydrogen) atoms. The van der Waals surface area contributed by atoms with Crippen LogP contribution in [-0.2, 0) is 4.79 Å². The summed E-state index contributed by atoms with van der Waals surface area (Å²) in [5.74, 6) is -1.39. The van der Waals surface area contributed by atoms with Gasteiger partial charge in [0.15, 0.2) is 0 Å². The molecule has 0 atom stereocenters. The van der Waals surface area contributed by atoms with Crippen LogP contribution in [0.3, 0.4) is 0 Å². The summed E-state index contributed by atoms with van der Waals surface area (Å²) in [7, 11) is 1.56. The van der Waals surface area contributed by atoms with Crippen molar-refractivity contribution >= 4 is 11.8 Å². The highest BCUT2D eigenvalue weighted by Gasteiger charge is 2.17. The maximum atomic E-state index is 11.2. The molecule has 1 heterocycles. The maximum Gasteiger partial charge on any atom is 0.378 e. The van der Waals surface area contributed by atoms with Crippen LogP contribution < -0.4 is 4.74 Å². The highest BCUT2D eigenvalue weighted by Crippen LogP contribution is 2.19. The molecule has 2 N–H and O–H groups in total. The van der Waals surface area contributed by atoms with Crippen LogP contribution >= 0.6 is 0 Å². The number of imidazole rings is 1. The standard InChI is InChI=1S/C12H10N2O4/c1-18-8-4-2-7(3-5-8)11-13-6-9(14-11)10(15)12(16)17/h2-6H,1H3,(H,13,14)(H,16,17). The number of carbonyl (C=O) groups is 2. The molecule has 0 aliphatic rings. The van der Waals surface area contributed by atoms with Gasteiger partial charge in [0.2, 0.25) is 0 Å². The number of ether oxygens (including phenoxy) is 1. The second-order valence-corrected chi connectivity index (χ2v) is 3.51. The Morgan fingerprint density at radius 3 is 2.50 bits per heavy atom. The van der Waals surface area contributed by atoms with Gasteiger partial charge in [-0.05, 0) is 24.3 Å². The summed E-state index contributed by atoms with van der Waals surface area (Å²) in [5, 5.41) is 8.57. The molecule has 6 heteroatoms. The molecule has 0 amide bonds. The van der Waals surface area contributed by atoms with Gasteiger partial charge in [-0.3, -0.25) is 4.79 Å². The SMILES string of the molecule is COc1ccc(-c2ncc(C(=O)C(=O)O)[nH]2)cc1. The summed E-state index contributed by atoms with van der Waals surface area (Å²) in [6.07, 6.45) is 1.20. The fourth-order valence-corrected chi connectivity index (χ4v) is 1.45. The predicted octanol–water partition coefficient (Wildman–Crippen LogP) is 1.35. The van der Waals surface area contributed by atoms with E-state index in [9.17, 15) is 9.59 Å². The fourth-order valence-electron chi connectivity index (χ4n) is 1.45. The minimum absolute atomic E-state index is 0.0479. The van der Waals surface area contributed by atoms with E-state index in [1.54, 1.807) is 31.4 Å². The topological polar surface area (TPSA) is 92.3 Å². The van der Waals surface area contributed by atoms with Crippen LogP contribution in [0.4, 0.5) is 0 Å². The van der Waals surface area contributed by atoms with Crippen LogP contribution in [-0.4, -0.2) is 33.9 Å². The molecule has 2 rings (SSSR count). The van der Waals surface area contributed by atoms with Gasteiger partial charge in [-0.2, -0.15) is 0 Å². The molecule has 0 fully saturated rings. The number of nitrogens with one attached hydrogen (secondary N) is 1. The number of carboxylic acids is 1. The Morgan fingerprint density at radius 1 is 1.28 bits per heavy atom. The van der Waals surface area contributed by atoms with Crippen molar-refractivity contribution in [3.8, 4) is 17.1 Å². The van der Waals surface area contributed by atoms with Gasteiger partial charge in [0.1, 0.15) is 17.3 Å². The smallest absolute Gasteiger partial charge is 0.378 e. The van der Waals surface area contributed by atoms with Gasteiger partial charge < -0.3 is 14.8 Å². The second kappa shape index (κ2) is 4.70. The number of rotatable bonds is 4. The minimum Gasteiger partial charge on any atom is -0.497 e. The molecular formula is C12H10N2O4. The number of H-pyrrole nitrogens is 1. The largest absolute Gasteiger partial charge is 0.497 e. The molecule has 0 saturated heterocycles. The van der Waals surface area contributed by atoms with Crippen LogP contribution in [0.15, 0.2) is 30.5 Å². The van der Waals surface area contributed by atoms with Crippen molar-refractivity contribution in [3.05, 3.63) is 36.2 Å². The third-order valence-electron chi connectivity index (χ3n) is 2.38. The fraction of sp³-hybridized carbons (Fsp3) is 0.0833. The number of benzene rings is 1. The predicted molar refractivity (Wildman–Crippen MR) is 62.5 cm³/mol. The second-order valence-electron chi connectivity index (χ2n) is 3.51. The Hall–Kier alpha value is -2.63. The first-order valence-corrected chi connectivity index (χ1v) is 5.09. The molecule has 2 aromatic rings. The van der Waals surface area contributed by atoms with Crippen molar-refractivity contribution in [2.24, 2.45) is 0 Å². The van der Waals surface area contributed by atoms with E-state index in [1.165, 1.54) is 6.20 Å². The highest BCUT2D eigenvalue weighted by molar-refractivity contribution is 6.39. The van der Waals surface area contributed by atoms with Crippen LogP contribution in [0.25, 0.3) is 11.4 Å². The van der Waals surface area contributed by atoms with E-state index < -0.39 is 11.8 Å². The van der Waals surface area contributed by atoms with E-state index in [1.807, 2.05) is 0 Å². The van der Waals surface area contributed by atoms with Gasteiger partial charge in [-0.25, -0.2) is 9.78 Å². The van der Waals surface area contributed by atoms with Crippen molar-refractivity contribution in [2.45, 2.75) is 0 Å². The summed E-state index contributed by atoms with van der Waals surface area (Å²) in [6.45, 7) is 0. The number of carboxylic acid groups (broad SMARTS) is 1. The Kier molecular flexibility index (Phi) is 3.09. The number of hydrogen-bond acceptors (Lipinski definition) is 4. The van der Waals surface area contributed by atoms with Gasteiger partial charge in [0.05, 0.1) is 13.3 Å². The van der Waals surface area contributed by atoms with Crippen molar-refractivity contribution in [1.29, 1.82) is 0 Å². The number of methoxy groups -OCH3 is 1. The van der Waals surface area contributed by atoms with Crippen molar-refractivity contribution in [1.82, 2.24) is 9.97 Å².